The maximum Gasteiger partial charge on any atom is 0.422 e. The van der Waals surface area contributed by atoms with E-state index in [-0.39, 0.29) is 23.1 Å². The van der Waals surface area contributed by atoms with Gasteiger partial charge in [-0.25, -0.2) is 0 Å². The number of esters is 1. The standard InChI is InChI=1S/C16H19ClF3NO3/c1-2-23-15(22)11(5-9-3-4-9)10-6-12(17)14(21)13(7-10)24-8-16(18,19)20/h6-7,9,11H,2-5,8,21H2,1H3. The summed E-state index contributed by atoms with van der Waals surface area (Å²) in [5.74, 6) is -0.786. The molecule has 0 spiro atoms. The lowest BCUT2D eigenvalue weighted by Crippen LogP contribution is -2.20. The molecule has 1 unspecified atom stereocenters. The fourth-order valence-corrected chi connectivity index (χ4v) is 2.61. The molecule has 1 aromatic carbocycles. The molecule has 1 aliphatic rings. The van der Waals surface area contributed by atoms with Crippen molar-refractivity contribution < 1.29 is 27.4 Å². The Bertz CT molecular complexity index is 603. The Morgan fingerprint density at radius 1 is 1.42 bits per heavy atom. The van der Waals surface area contributed by atoms with Crippen LogP contribution >= 0.6 is 11.6 Å². The first-order chi connectivity index (χ1) is 11.2. The maximum atomic E-state index is 12.4. The minimum atomic E-state index is -4.50. The second-order valence-electron chi connectivity index (χ2n) is 5.80. The predicted molar refractivity (Wildman–Crippen MR) is 84.1 cm³/mol. The van der Waals surface area contributed by atoms with Crippen LogP contribution in [-0.2, 0) is 9.53 Å². The molecule has 0 aromatic heterocycles. The van der Waals surface area contributed by atoms with Gasteiger partial charge in [0.1, 0.15) is 5.75 Å². The monoisotopic (exact) mass is 365 g/mol. The van der Waals surface area contributed by atoms with E-state index in [1.807, 2.05) is 0 Å². The topological polar surface area (TPSA) is 61.5 Å². The minimum Gasteiger partial charge on any atom is -0.482 e. The number of alkyl halides is 3. The van der Waals surface area contributed by atoms with E-state index < -0.39 is 24.7 Å². The molecule has 134 valence electrons. The van der Waals surface area contributed by atoms with Crippen molar-refractivity contribution in [3.63, 3.8) is 0 Å². The summed E-state index contributed by atoms with van der Waals surface area (Å²) in [7, 11) is 0. The Hall–Kier alpha value is -1.63. The number of hydrogen-bond acceptors (Lipinski definition) is 4. The highest BCUT2D eigenvalue weighted by molar-refractivity contribution is 6.33. The fraction of sp³-hybridized carbons (Fsp3) is 0.562. The zero-order chi connectivity index (χ0) is 17.9. The van der Waals surface area contributed by atoms with Crippen molar-refractivity contribution in [1.29, 1.82) is 0 Å². The third-order valence-corrected chi connectivity index (χ3v) is 4.06. The average molecular weight is 366 g/mol. The van der Waals surface area contributed by atoms with Gasteiger partial charge in [-0.15, -0.1) is 0 Å². The molecule has 4 nitrogen and oxygen atoms in total. The summed E-state index contributed by atoms with van der Waals surface area (Å²) in [5, 5.41) is 0.0507. The van der Waals surface area contributed by atoms with Gasteiger partial charge in [0, 0.05) is 0 Å². The van der Waals surface area contributed by atoms with Gasteiger partial charge in [0.2, 0.25) is 0 Å². The van der Waals surface area contributed by atoms with Gasteiger partial charge in [0.15, 0.2) is 6.61 Å². The summed E-state index contributed by atoms with van der Waals surface area (Å²) in [4.78, 5) is 12.2. The van der Waals surface area contributed by atoms with Gasteiger partial charge in [-0.1, -0.05) is 24.4 Å². The van der Waals surface area contributed by atoms with Crippen molar-refractivity contribution in [2.75, 3.05) is 18.9 Å². The highest BCUT2D eigenvalue weighted by Crippen LogP contribution is 2.42. The molecular weight excluding hydrogens is 347 g/mol. The van der Waals surface area contributed by atoms with E-state index in [2.05, 4.69) is 0 Å². The van der Waals surface area contributed by atoms with E-state index in [1.165, 1.54) is 12.1 Å². The summed E-state index contributed by atoms with van der Waals surface area (Å²) >= 11 is 6.01. The number of rotatable bonds is 7. The molecule has 24 heavy (non-hydrogen) atoms. The van der Waals surface area contributed by atoms with Gasteiger partial charge in [0.25, 0.3) is 0 Å². The molecule has 0 radical (unpaired) electrons. The number of halogens is 4. The van der Waals surface area contributed by atoms with E-state index in [0.717, 1.165) is 12.8 Å². The van der Waals surface area contributed by atoms with Crippen molar-refractivity contribution in [1.82, 2.24) is 0 Å². The minimum absolute atomic E-state index is 0.0507. The molecule has 0 saturated heterocycles. The Morgan fingerprint density at radius 3 is 2.62 bits per heavy atom. The Balaban J connectivity index is 2.28. The Labute approximate surface area is 143 Å². The Morgan fingerprint density at radius 2 is 2.08 bits per heavy atom. The molecule has 2 rings (SSSR count). The molecule has 1 fully saturated rings. The second-order valence-corrected chi connectivity index (χ2v) is 6.21. The van der Waals surface area contributed by atoms with Gasteiger partial charge in [-0.05, 0) is 37.0 Å². The average Bonchev–Trinajstić information content (AvgIpc) is 3.29. The number of carbonyl (C=O) groups is 1. The van der Waals surface area contributed by atoms with Crippen LogP contribution in [0.2, 0.25) is 5.02 Å². The van der Waals surface area contributed by atoms with Crippen molar-refractivity contribution in [2.45, 2.75) is 38.3 Å². The quantitative estimate of drug-likeness (QED) is 0.577. The molecule has 0 heterocycles. The highest BCUT2D eigenvalue weighted by atomic mass is 35.5. The van der Waals surface area contributed by atoms with E-state index in [1.54, 1.807) is 6.92 Å². The normalized spacial score (nSPS) is 15.9. The summed E-state index contributed by atoms with van der Waals surface area (Å²) in [6.45, 7) is 0.434. The molecule has 0 amide bonds. The lowest BCUT2D eigenvalue weighted by Gasteiger charge is -2.19. The van der Waals surface area contributed by atoms with Gasteiger partial charge in [-0.2, -0.15) is 13.2 Å². The van der Waals surface area contributed by atoms with Gasteiger partial charge < -0.3 is 15.2 Å². The summed E-state index contributed by atoms with van der Waals surface area (Å²) in [6.07, 6.45) is -1.88. The zero-order valence-electron chi connectivity index (χ0n) is 13.2. The maximum absolute atomic E-state index is 12.4. The third-order valence-electron chi connectivity index (χ3n) is 3.74. The van der Waals surface area contributed by atoms with Crippen LogP contribution in [0.25, 0.3) is 0 Å². The largest absolute Gasteiger partial charge is 0.482 e. The van der Waals surface area contributed by atoms with Crippen molar-refractivity contribution in [3.8, 4) is 5.75 Å². The number of nitrogen functional groups attached to an aromatic ring is 1. The van der Waals surface area contributed by atoms with Crippen LogP contribution in [0.1, 0.15) is 37.7 Å². The number of carbonyl (C=O) groups excluding carboxylic acids is 1. The first kappa shape index (κ1) is 18.7. The van der Waals surface area contributed by atoms with Crippen LogP contribution in [0.4, 0.5) is 18.9 Å². The molecular formula is C16H19ClF3NO3. The molecule has 1 atom stereocenters. The number of anilines is 1. The Kier molecular flexibility index (Phi) is 5.85. The van der Waals surface area contributed by atoms with Crippen molar-refractivity contribution in [3.05, 3.63) is 22.7 Å². The summed E-state index contributed by atoms with van der Waals surface area (Å²) in [5.41, 5.74) is 6.06. The van der Waals surface area contributed by atoms with E-state index in [9.17, 15) is 18.0 Å². The van der Waals surface area contributed by atoms with Gasteiger partial charge >= 0.3 is 12.1 Å². The molecule has 1 aliphatic carbocycles. The predicted octanol–water partition coefficient (Wildman–Crippen LogP) is 4.31. The van der Waals surface area contributed by atoms with E-state index in [4.69, 9.17) is 26.8 Å². The molecule has 1 saturated carbocycles. The smallest absolute Gasteiger partial charge is 0.422 e. The first-order valence-corrected chi connectivity index (χ1v) is 8.04. The van der Waals surface area contributed by atoms with E-state index >= 15 is 0 Å². The van der Waals surface area contributed by atoms with Crippen LogP contribution < -0.4 is 10.5 Å². The number of nitrogens with two attached hydrogens (primary N) is 1. The lowest BCUT2D eigenvalue weighted by molar-refractivity contribution is -0.153. The molecule has 0 aliphatic heterocycles. The second kappa shape index (κ2) is 7.51. The summed E-state index contributed by atoms with van der Waals surface area (Å²) in [6, 6.07) is 2.83. The SMILES string of the molecule is CCOC(=O)C(CC1CC1)c1cc(Cl)c(N)c(OCC(F)(F)F)c1. The van der Waals surface area contributed by atoms with Crippen LogP contribution in [0.3, 0.4) is 0 Å². The van der Waals surface area contributed by atoms with Crippen molar-refractivity contribution >= 4 is 23.3 Å². The molecule has 8 heteroatoms. The van der Waals surface area contributed by atoms with Gasteiger partial charge in [0.05, 0.1) is 23.2 Å². The fourth-order valence-electron chi connectivity index (χ4n) is 2.39. The van der Waals surface area contributed by atoms with Gasteiger partial charge in [-0.3, -0.25) is 4.79 Å². The van der Waals surface area contributed by atoms with Crippen LogP contribution in [0, 0.1) is 5.92 Å². The van der Waals surface area contributed by atoms with Crippen LogP contribution in [-0.4, -0.2) is 25.4 Å². The van der Waals surface area contributed by atoms with Crippen molar-refractivity contribution in [2.24, 2.45) is 5.92 Å². The van der Waals surface area contributed by atoms with E-state index in [0.29, 0.717) is 17.9 Å². The lowest BCUT2D eigenvalue weighted by atomic mass is 9.93. The molecule has 1 aromatic rings. The molecule has 2 N–H and O–H groups in total. The highest BCUT2D eigenvalue weighted by Gasteiger charge is 2.33. The number of hydrogen-bond donors (Lipinski definition) is 1. The zero-order valence-corrected chi connectivity index (χ0v) is 13.9. The number of benzene rings is 1. The van der Waals surface area contributed by atoms with Crippen LogP contribution in [0.15, 0.2) is 12.1 Å². The third kappa shape index (κ3) is 5.19. The first-order valence-electron chi connectivity index (χ1n) is 7.66. The van der Waals surface area contributed by atoms with Crippen LogP contribution in [0.5, 0.6) is 5.75 Å². The summed E-state index contributed by atoms with van der Waals surface area (Å²) < 4.78 is 46.9. The number of ether oxygens (including phenoxy) is 2. The molecule has 0 bridgehead atoms.